The Morgan fingerprint density at radius 2 is 2.20 bits per heavy atom. The number of rotatable bonds is 6. The molecule has 0 spiro atoms. The Morgan fingerprint density at radius 1 is 1.36 bits per heavy atom. The summed E-state index contributed by atoms with van der Waals surface area (Å²) in [6.45, 7) is 1.77. The average Bonchev–Trinajstić information content (AvgIpc) is 3.26. The number of likely N-dealkylation sites (tertiary alicyclic amines) is 1. The van der Waals surface area contributed by atoms with E-state index in [0.29, 0.717) is 30.3 Å². The standard InChI is InChI=1S/C18H24N2O5/c1-23-13-5-6-15(16(9-13)24-2)19-18(22)12-8-17(21)20(10-12)11-14-4-3-7-25-14/h5-6,9,12,14H,3-4,7-8,10-11H2,1-2H3,(H,19,22). The topological polar surface area (TPSA) is 77.1 Å². The number of methoxy groups -OCH3 is 2. The summed E-state index contributed by atoms with van der Waals surface area (Å²) >= 11 is 0. The summed E-state index contributed by atoms with van der Waals surface area (Å²) < 4.78 is 16.0. The van der Waals surface area contributed by atoms with Gasteiger partial charge in [-0.25, -0.2) is 0 Å². The zero-order valence-corrected chi connectivity index (χ0v) is 14.6. The van der Waals surface area contributed by atoms with Crippen molar-refractivity contribution in [1.29, 1.82) is 0 Å². The molecule has 0 saturated carbocycles. The lowest BCUT2D eigenvalue weighted by atomic mass is 10.1. The molecule has 1 aromatic rings. The van der Waals surface area contributed by atoms with Crippen LogP contribution in [0.4, 0.5) is 5.69 Å². The van der Waals surface area contributed by atoms with Crippen LogP contribution in [0.2, 0.25) is 0 Å². The Balaban J connectivity index is 1.61. The lowest BCUT2D eigenvalue weighted by Crippen LogP contribution is -2.34. The van der Waals surface area contributed by atoms with Crippen molar-refractivity contribution in [2.45, 2.75) is 25.4 Å². The van der Waals surface area contributed by atoms with Crippen LogP contribution in [-0.4, -0.2) is 56.7 Å². The van der Waals surface area contributed by atoms with E-state index < -0.39 is 0 Å². The maximum atomic E-state index is 12.6. The Bertz CT molecular complexity index is 642. The van der Waals surface area contributed by atoms with Gasteiger partial charge in [-0.3, -0.25) is 9.59 Å². The predicted molar refractivity (Wildman–Crippen MR) is 91.8 cm³/mol. The van der Waals surface area contributed by atoms with Gasteiger partial charge in [0, 0.05) is 32.2 Å². The third-order valence-electron chi connectivity index (χ3n) is 4.70. The molecule has 25 heavy (non-hydrogen) atoms. The fourth-order valence-electron chi connectivity index (χ4n) is 3.29. The van der Waals surface area contributed by atoms with Crippen LogP contribution in [0.15, 0.2) is 18.2 Å². The fraction of sp³-hybridized carbons (Fsp3) is 0.556. The van der Waals surface area contributed by atoms with Gasteiger partial charge >= 0.3 is 0 Å². The van der Waals surface area contributed by atoms with Crippen LogP contribution in [0.25, 0.3) is 0 Å². The van der Waals surface area contributed by atoms with Crippen LogP contribution >= 0.6 is 0 Å². The number of carbonyl (C=O) groups is 2. The molecule has 7 nitrogen and oxygen atoms in total. The van der Waals surface area contributed by atoms with Crippen molar-refractivity contribution in [3.8, 4) is 11.5 Å². The number of benzene rings is 1. The molecule has 7 heteroatoms. The van der Waals surface area contributed by atoms with Gasteiger partial charge < -0.3 is 24.4 Å². The van der Waals surface area contributed by atoms with Crippen molar-refractivity contribution >= 4 is 17.5 Å². The Morgan fingerprint density at radius 3 is 2.88 bits per heavy atom. The molecule has 0 bridgehead atoms. The van der Waals surface area contributed by atoms with Gasteiger partial charge in [0.05, 0.1) is 31.9 Å². The van der Waals surface area contributed by atoms with E-state index in [2.05, 4.69) is 5.32 Å². The lowest BCUT2D eigenvalue weighted by Gasteiger charge is -2.20. The molecule has 136 valence electrons. The number of nitrogens with one attached hydrogen (secondary N) is 1. The zero-order chi connectivity index (χ0) is 17.8. The summed E-state index contributed by atoms with van der Waals surface area (Å²) in [6.07, 6.45) is 2.35. The van der Waals surface area contributed by atoms with Crippen molar-refractivity contribution < 1.29 is 23.8 Å². The van der Waals surface area contributed by atoms with Crippen LogP contribution in [0.5, 0.6) is 11.5 Å². The smallest absolute Gasteiger partial charge is 0.229 e. The number of anilines is 1. The zero-order valence-electron chi connectivity index (χ0n) is 14.6. The number of ether oxygens (including phenoxy) is 3. The molecule has 0 radical (unpaired) electrons. The molecule has 2 heterocycles. The van der Waals surface area contributed by atoms with Gasteiger partial charge in [0.1, 0.15) is 11.5 Å². The monoisotopic (exact) mass is 348 g/mol. The number of nitrogens with zero attached hydrogens (tertiary/aromatic N) is 1. The first-order valence-corrected chi connectivity index (χ1v) is 8.53. The highest BCUT2D eigenvalue weighted by atomic mass is 16.5. The average molecular weight is 348 g/mol. The second kappa shape index (κ2) is 7.74. The highest BCUT2D eigenvalue weighted by Gasteiger charge is 2.36. The van der Waals surface area contributed by atoms with Gasteiger partial charge in [-0.05, 0) is 25.0 Å². The second-order valence-electron chi connectivity index (χ2n) is 6.39. The maximum absolute atomic E-state index is 12.6. The van der Waals surface area contributed by atoms with Crippen LogP contribution in [0, 0.1) is 5.92 Å². The molecule has 2 unspecified atom stereocenters. The number of amides is 2. The Labute approximate surface area is 147 Å². The lowest BCUT2D eigenvalue weighted by molar-refractivity contribution is -0.129. The van der Waals surface area contributed by atoms with Crippen molar-refractivity contribution in [2.75, 3.05) is 39.2 Å². The molecule has 2 aliphatic heterocycles. The van der Waals surface area contributed by atoms with Crippen molar-refractivity contribution in [3.63, 3.8) is 0 Å². The van der Waals surface area contributed by atoms with Crippen LogP contribution < -0.4 is 14.8 Å². The summed E-state index contributed by atoms with van der Waals surface area (Å²) in [5.41, 5.74) is 0.568. The van der Waals surface area contributed by atoms with Gasteiger partial charge in [0.15, 0.2) is 0 Å². The highest BCUT2D eigenvalue weighted by molar-refractivity contribution is 5.98. The molecule has 2 saturated heterocycles. The Kier molecular flexibility index (Phi) is 5.43. The largest absolute Gasteiger partial charge is 0.497 e. The van der Waals surface area contributed by atoms with E-state index in [-0.39, 0.29) is 30.3 Å². The van der Waals surface area contributed by atoms with Crippen LogP contribution in [-0.2, 0) is 14.3 Å². The fourth-order valence-corrected chi connectivity index (χ4v) is 3.29. The third-order valence-corrected chi connectivity index (χ3v) is 4.70. The minimum atomic E-state index is -0.360. The first kappa shape index (κ1) is 17.5. The minimum Gasteiger partial charge on any atom is -0.497 e. The maximum Gasteiger partial charge on any atom is 0.229 e. The van der Waals surface area contributed by atoms with Gasteiger partial charge in [-0.2, -0.15) is 0 Å². The summed E-state index contributed by atoms with van der Waals surface area (Å²) in [7, 11) is 3.10. The number of carbonyl (C=O) groups excluding carboxylic acids is 2. The van der Waals surface area contributed by atoms with E-state index in [1.165, 1.54) is 7.11 Å². The highest BCUT2D eigenvalue weighted by Crippen LogP contribution is 2.30. The summed E-state index contributed by atoms with van der Waals surface area (Å²) in [6, 6.07) is 5.19. The molecule has 0 aliphatic carbocycles. The molecule has 1 N–H and O–H groups in total. The summed E-state index contributed by atoms with van der Waals surface area (Å²) in [5, 5.41) is 2.86. The molecule has 2 amide bonds. The molecule has 2 atom stereocenters. The van der Waals surface area contributed by atoms with Crippen molar-refractivity contribution in [3.05, 3.63) is 18.2 Å². The molecule has 2 fully saturated rings. The SMILES string of the molecule is COc1ccc(NC(=O)C2CC(=O)N(CC3CCCO3)C2)c(OC)c1. The normalized spacial score (nSPS) is 23.0. The quantitative estimate of drug-likeness (QED) is 0.846. The first-order chi connectivity index (χ1) is 12.1. The van der Waals surface area contributed by atoms with Crippen LogP contribution in [0.1, 0.15) is 19.3 Å². The minimum absolute atomic E-state index is 0.0114. The Hall–Kier alpha value is -2.28. The second-order valence-corrected chi connectivity index (χ2v) is 6.39. The third kappa shape index (κ3) is 4.04. The van der Waals surface area contributed by atoms with Crippen molar-refractivity contribution in [2.24, 2.45) is 5.92 Å². The summed E-state index contributed by atoms with van der Waals surface area (Å²) in [5.74, 6) is 0.645. The van der Waals surface area contributed by atoms with E-state index in [4.69, 9.17) is 14.2 Å². The van der Waals surface area contributed by atoms with Gasteiger partial charge in [-0.15, -0.1) is 0 Å². The van der Waals surface area contributed by atoms with Gasteiger partial charge in [0.25, 0.3) is 0 Å². The van der Waals surface area contributed by atoms with E-state index in [1.807, 2.05) is 0 Å². The van der Waals surface area contributed by atoms with E-state index in [9.17, 15) is 9.59 Å². The van der Waals surface area contributed by atoms with E-state index in [0.717, 1.165) is 19.4 Å². The van der Waals surface area contributed by atoms with Gasteiger partial charge in [-0.1, -0.05) is 0 Å². The molecule has 0 aromatic heterocycles. The molecule has 2 aliphatic rings. The van der Waals surface area contributed by atoms with E-state index >= 15 is 0 Å². The first-order valence-electron chi connectivity index (χ1n) is 8.53. The van der Waals surface area contributed by atoms with Crippen molar-refractivity contribution in [1.82, 2.24) is 4.90 Å². The van der Waals surface area contributed by atoms with E-state index in [1.54, 1.807) is 30.2 Å². The van der Waals surface area contributed by atoms with Gasteiger partial charge in [0.2, 0.25) is 11.8 Å². The van der Waals surface area contributed by atoms with Crippen LogP contribution in [0.3, 0.4) is 0 Å². The molecule has 3 rings (SSSR count). The molecular weight excluding hydrogens is 324 g/mol. The molecule has 1 aromatic carbocycles. The summed E-state index contributed by atoms with van der Waals surface area (Å²) in [4.78, 5) is 26.5. The number of hydrogen-bond acceptors (Lipinski definition) is 5. The number of hydrogen-bond donors (Lipinski definition) is 1. The molecular formula is C18H24N2O5. The predicted octanol–water partition coefficient (Wildman–Crippen LogP) is 1.67.